The van der Waals surface area contributed by atoms with Gasteiger partial charge in [0, 0.05) is 5.56 Å². The van der Waals surface area contributed by atoms with Crippen LogP contribution in [0.5, 0.6) is 11.6 Å². The predicted molar refractivity (Wildman–Crippen MR) is 69.4 cm³/mol. The summed E-state index contributed by atoms with van der Waals surface area (Å²) >= 11 is 0. The molecular weight excluding hydrogens is 212 g/mol. The molecule has 2 rings (SSSR count). The summed E-state index contributed by atoms with van der Waals surface area (Å²) < 4.78 is 5.81. The lowest BCUT2D eigenvalue weighted by Gasteiger charge is -2.11. The maximum absolute atomic E-state index is 5.81. The van der Waals surface area contributed by atoms with E-state index in [4.69, 9.17) is 10.5 Å². The molecule has 0 radical (unpaired) electrons. The first kappa shape index (κ1) is 11.5. The van der Waals surface area contributed by atoms with Crippen molar-refractivity contribution in [3.63, 3.8) is 0 Å². The van der Waals surface area contributed by atoms with Crippen molar-refractivity contribution >= 4 is 5.69 Å². The van der Waals surface area contributed by atoms with Gasteiger partial charge in [0.25, 0.3) is 0 Å². The summed E-state index contributed by atoms with van der Waals surface area (Å²) in [7, 11) is 0. The summed E-state index contributed by atoms with van der Waals surface area (Å²) in [6.07, 6.45) is 1.60. The molecule has 2 N–H and O–H groups in total. The van der Waals surface area contributed by atoms with Gasteiger partial charge in [0.1, 0.15) is 5.75 Å². The third-order valence-electron chi connectivity index (χ3n) is 2.81. The highest BCUT2D eigenvalue weighted by Gasteiger charge is 2.06. The second-order valence-corrected chi connectivity index (χ2v) is 4.19. The number of anilines is 1. The Morgan fingerprint density at radius 2 is 1.88 bits per heavy atom. The minimum absolute atomic E-state index is 0.605. The number of aromatic nitrogens is 1. The van der Waals surface area contributed by atoms with E-state index in [1.807, 2.05) is 32.0 Å². The molecule has 0 spiro atoms. The van der Waals surface area contributed by atoms with Crippen LogP contribution in [0, 0.1) is 20.8 Å². The van der Waals surface area contributed by atoms with Crippen LogP contribution in [0.15, 0.2) is 30.5 Å². The maximum atomic E-state index is 5.81. The fraction of sp³-hybridized carbons (Fsp3) is 0.214. The average molecular weight is 228 g/mol. The van der Waals surface area contributed by atoms with E-state index in [1.165, 1.54) is 5.56 Å². The molecule has 1 aromatic heterocycles. The highest BCUT2D eigenvalue weighted by atomic mass is 16.5. The Balaban J connectivity index is 2.35. The van der Waals surface area contributed by atoms with Crippen molar-refractivity contribution < 1.29 is 4.74 Å². The van der Waals surface area contributed by atoms with E-state index in [0.29, 0.717) is 11.6 Å². The summed E-state index contributed by atoms with van der Waals surface area (Å²) in [6, 6.07) is 7.84. The number of ether oxygens (including phenoxy) is 1. The number of hydrogen-bond donors (Lipinski definition) is 1. The predicted octanol–water partition coefficient (Wildman–Crippen LogP) is 3.38. The van der Waals surface area contributed by atoms with Crippen LogP contribution >= 0.6 is 0 Å². The molecule has 2 aromatic rings. The molecule has 0 saturated heterocycles. The lowest BCUT2D eigenvalue weighted by molar-refractivity contribution is 0.455. The van der Waals surface area contributed by atoms with Crippen molar-refractivity contribution in [1.82, 2.24) is 4.98 Å². The SMILES string of the molecule is Cc1cc(N)cnc1Oc1cccc(C)c1C. The Labute approximate surface area is 101 Å². The number of nitrogens with two attached hydrogens (primary N) is 1. The fourth-order valence-electron chi connectivity index (χ4n) is 1.63. The minimum atomic E-state index is 0.605. The van der Waals surface area contributed by atoms with Crippen LogP contribution in [0.4, 0.5) is 5.69 Å². The van der Waals surface area contributed by atoms with Crippen molar-refractivity contribution in [2.75, 3.05) is 5.73 Å². The third-order valence-corrected chi connectivity index (χ3v) is 2.81. The maximum Gasteiger partial charge on any atom is 0.222 e. The van der Waals surface area contributed by atoms with Gasteiger partial charge < -0.3 is 10.5 Å². The van der Waals surface area contributed by atoms with Crippen molar-refractivity contribution in [2.24, 2.45) is 0 Å². The summed E-state index contributed by atoms with van der Waals surface area (Å²) in [5, 5.41) is 0. The normalized spacial score (nSPS) is 10.3. The zero-order valence-corrected chi connectivity index (χ0v) is 10.3. The molecular formula is C14H16N2O. The van der Waals surface area contributed by atoms with Crippen LogP contribution < -0.4 is 10.5 Å². The Hall–Kier alpha value is -2.03. The molecule has 0 atom stereocenters. The average Bonchev–Trinajstić information content (AvgIpc) is 2.28. The summed E-state index contributed by atoms with van der Waals surface area (Å²) in [5.41, 5.74) is 9.58. The lowest BCUT2D eigenvalue weighted by atomic mass is 10.1. The number of hydrogen-bond acceptors (Lipinski definition) is 3. The second kappa shape index (κ2) is 4.45. The van der Waals surface area contributed by atoms with Crippen molar-refractivity contribution in [2.45, 2.75) is 20.8 Å². The molecule has 1 heterocycles. The summed E-state index contributed by atoms with van der Waals surface area (Å²) in [6.45, 7) is 6.03. The van der Waals surface area contributed by atoms with Crippen LogP contribution in [0.1, 0.15) is 16.7 Å². The van der Waals surface area contributed by atoms with E-state index in [9.17, 15) is 0 Å². The molecule has 3 nitrogen and oxygen atoms in total. The van der Waals surface area contributed by atoms with E-state index >= 15 is 0 Å². The summed E-state index contributed by atoms with van der Waals surface area (Å²) in [4.78, 5) is 4.20. The highest BCUT2D eigenvalue weighted by molar-refractivity contribution is 5.45. The van der Waals surface area contributed by atoms with Crippen LogP contribution in [0.2, 0.25) is 0 Å². The molecule has 0 unspecified atom stereocenters. The van der Waals surface area contributed by atoms with Gasteiger partial charge >= 0.3 is 0 Å². The van der Waals surface area contributed by atoms with E-state index in [0.717, 1.165) is 16.9 Å². The van der Waals surface area contributed by atoms with Crippen LogP contribution in [-0.2, 0) is 0 Å². The molecule has 17 heavy (non-hydrogen) atoms. The standard InChI is InChI=1S/C14H16N2O/c1-9-5-4-6-13(11(9)3)17-14-10(2)7-12(15)8-16-14/h4-8H,15H2,1-3H3. The molecule has 3 heteroatoms. The Morgan fingerprint density at radius 1 is 1.12 bits per heavy atom. The number of rotatable bonds is 2. The third kappa shape index (κ3) is 2.38. The monoisotopic (exact) mass is 228 g/mol. The second-order valence-electron chi connectivity index (χ2n) is 4.19. The fourth-order valence-corrected chi connectivity index (χ4v) is 1.63. The molecule has 0 bridgehead atoms. The number of benzene rings is 1. The highest BCUT2D eigenvalue weighted by Crippen LogP contribution is 2.27. The van der Waals surface area contributed by atoms with Crippen LogP contribution in [0.3, 0.4) is 0 Å². The van der Waals surface area contributed by atoms with Crippen LogP contribution in [0.25, 0.3) is 0 Å². The van der Waals surface area contributed by atoms with E-state index < -0.39 is 0 Å². The first-order valence-corrected chi connectivity index (χ1v) is 5.54. The molecule has 0 aliphatic heterocycles. The number of nitrogens with zero attached hydrogens (tertiary/aromatic N) is 1. The molecule has 88 valence electrons. The van der Waals surface area contributed by atoms with E-state index in [1.54, 1.807) is 6.20 Å². The number of aryl methyl sites for hydroxylation is 2. The van der Waals surface area contributed by atoms with Crippen molar-refractivity contribution in [3.05, 3.63) is 47.2 Å². The zero-order valence-electron chi connectivity index (χ0n) is 10.3. The zero-order chi connectivity index (χ0) is 12.4. The number of nitrogen functional groups attached to an aromatic ring is 1. The van der Waals surface area contributed by atoms with Crippen molar-refractivity contribution in [1.29, 1.82) is 0 Å². The first-order valence-electron chi connectivity index (χ1n) is 5.54. The van der Waals surface area contributed by atoms with Gasteiger partial charge in [-0.2, -0.15) is 0 Å². The molecule has 0 aliphatic rings. The van der Waals surface area contributed by atoms with Gasteiger partial charge in [0.15, 0.2) is 0 Å². The van der Waals surface area contributed by atoms with Gasteiger partial charge in [-0.05, 0) is 44.0 Å². The molecule has 0 saturated carbocycles. The Bertz CT molecular complexity index is 550. The van der Waals surface area contributed by atoms with Crippen molar-refractivity contribution in [3.8, 4) is 11.6 Å². The molecule has 0 aliphatic carbocycles. The Morgan fingerprint density at radius 3 is 2.59 bits per heavy atom. The van der Waals surface area contributed by atoms with E-state index in [2.05, 4.69) is 18.0 Å². The van der Waals surface area contributed by atoms with E-state index in [-0.39, 0.29) is 0 Å². The summed E-state index contributed by atoms with van der Waals surface area (Å²) in [5.74, 6) is 1.44. The smallest absolute Gasteiger partial charge is 0.222 e. The van der Waals surface area contributed by atoms with Gasteiger partial charge in [-0.25, -0.2) is 4.98 Å². The van der Waals surface area contributed by atoms with Gasteiger partial charge in [0.05, 0.1) is 11.9 Å². The topological polar surface area (TPSA) is 48.1 Å². The molecule has 1 aromatic carbocycles. The lowest BCUT2D eigenvalue weighted by Crippen LogP contribution is -1.96. The largest absolute Gasteiger partial charge is 0.438 e. The first-order chi connectivity index (χ1) is 8.08. The number of pyridine rings is 1. The van der Waals surface area contributed by atoms with Gasteiger partial charge in [0.2, 0.25) is 5.88 Å². The van der Waals surface area contributed by atoms with Gasteiger partial charge in [-0.15, -0.1) is 0 Å². The van der Waals surface area contributed by atoms with Crippen LogP contribution in [-0.4, -0.2) is 4.98 Å². The van der Waals surface area contributed by atoms with Gasteiger partial charge in [-0.3, -0.25) is 0 Å². The molecule has 0 amide bonds. The molecule has 0 fully saturated rings. The minimum Gasteiger partial charge on any atom is -0.438 e. The quantitative estimate of drug-likeness (QED) is 0.857. The van der Waals surface area contributed by atoms with Gasteiger partial charge in [-0.1, -0.05) is 12.1 Å². The Kier molecular flexibility index (Phi) is 3.00.